The molecule has 14 heavy (non-hydrogen) atoms. The molecule has 0 saturated carbocycles. The summed E-state index contributed by atoms with van der Waals surface area (Å²) in [5.74, 6) is 0.938. The van der Waals surface area contributed by atoms with Gasteiger partial charge in [0.25, 0.3) is 0 Å². The minimum atomic E-state index is 0.564. The summed E-state index contributed by atoms with van der Waals surface area (Å²) in [5, 5.41) is 3.39. The van der Waals surface area contributed by atoms with Crippen LogP contribution in [0.5, 0.6) is 0 Å². The molecular weight excluding hydrogens is 172 g/mol. The monoisotopic (exact) mass is 196 g/mol. The first-order chi connectivity index (χ1) is 6.59. The van der Waals surface area contributed by atoms with Crippen LogP contribution in [0.3, 0.4) is 0 Å². The molecule has 82 valence electrons. The van der Waals surface area contributed by atoms with Crippen LogP contribution < -0.4 is 5.32 Å². The van der Waals surface area contributed by atoms with E-state index in [-0.39, 0.29) is 0 Å². The van der Waals surface area contributed by atoms with Crippen LogP contribution in [-0.2, 0) is 0 Å². The third-order valence-corrected chi connectivity index (χ3v) is 3.96. The van der Waals surface area contributed by atoms with Crippen molar-refractivity contribution < 1.29 is 0 Å². The fourth-order valence-corrected chi connectivity index (χ4v) is 2.84. The SMILES string of the molecule is CC1CCN(CC2(C)CNC2)C(C)C1. The van der Waals surface area contributed by atoms with E-state index < -0.39 is 0 Å². The van der Waals surface area contributed by atoms with Gasteiger partial charge in [-0.1, -0.05) is 13.8 Å². The lowest BCUT2D eigenvalue weighted by Gasteiger charge is -2.46. The van der Waals surface area contributed by atoms with Gasteiger partial charge in [-0.05, 0) is 32.2 Å². The van der Waals surface area contributed by atoms with Gasteiger partial charge in [0, 0.05) is 31.1 Å². The van der Waals surface area contributed by atoms with E-state index in [0.717, 1.165) is 12.0 Å². The van der Waals surface area contributed by atoms with Gasteiger partial charge in [0.1, 0.15) is 0 Å². The number of piperidine rings is 1. The summed E-state index contributed by atoms with van der Waals surface area (Å²) in [4.78, 5) is 2.70. The van der Waals surface area contributed by atoms with E-state index in [4.69, 9.17) is 0 Å². The highest BCUT2D eigenvalue weighted by Gasteiger charge is 2.35. The molecule has 0 bridgehead atoms. The van der Waals surface area contributed by atoms with Gasteiger partial charge in [0.05, 0.1) is 0 Å². The van der Waals surface area contributed by atoms with Gasteiger partial charge in [-0.2, -0.15) is 0 Å². The highest BCUT2D eigenvalue weighted by atomic mass is 15.2. The van der Waals surface area contributed by atoms with Crippen LogP contribution in [0.15, 0.2) is 0 Å². The Bertz CT molecular complexity index is 198. The molecule has 0 aromatic rings. The van der Waals surface area contributed by atoms with Gasteiger partial charge in [-0.3, -0.25) is 0 Å². The fourth-order valence-electron chi connectivity index (χ4n) is 2.84. The molecule has 2 rings (SSSR count). The molecule has 2 aliphatic heterocycles. The molecule has 2 aliphatic rings. The van der Waals surface area contributed by atoms with Crippen molar-refractivity contribution in [1.29, 1.82) is 0 Å². The number of nitrogens with zero attached hydrogens (tertiary/aromatic N) is 1. The minimum absolute atomic E-state index is 0.564. The van der Waals surface area contributed by atoms with E-state index in [9.17, 15) is 0 Å². The normalized spacial score (nSPS) is 37.9. The van der Waals surface area contributed by atoms with E-state index in [2.05, 4.69) is 31.0 Å². The summed E-state index contributed by atoms with van der Waals surface area (Å²) in [6, 6.07) is 0.802. The van der Waals surface area contributed by atoms with Gasteiger partial charge in [0.15, 0.2) is 0 Å². The van der Waals surface area contributed by atoms with E-state index in [0.29, 0.717) is 5.41 Å². The summed E-state index contributed by atoms with van der Waals surface area (Å²) in [6.07, 6.45) is 2.79. The summed E-state index contributed by atoms with van der Waals surface area (Å²) in [7, 11) is 0. The maximum atomic E-state index is 3.39. The molecule has 2 saturated heterocycles. The van der Waals surface area contributed by atoms with Crippen LogP contribution in [0.4, 0.5) is 0 Å². The van der Waals surface area contributed by atoms with Gasteiger partial charge in [-0.15, -0.1) is 0 Å². The standard InChI is InChI=1S/C12H24N2/c1-10-4-5-14(11(2)6-10)9-12(3)7-13-8-12/h10-11,13H,4-9H2,1-3H3. The molecule has 0 aliphatic carbocycles. The third-order valence-electron chi connectivity index (χ3n) is 3.96. The van der Waals surface area contributed by atoms with Crippen molar-refractivity contribution in [3.63, 3.8) is 0 Å². The molecule has 2 heterocycles. The Morgan fingerprint density at radius 3 is 2.57 bits per heavy atom. The first-order valence-corrected chi connectivity index (χ1v) is 6.04. The van der Waals surface area contributed by atoms with E-state index in [1.165, 1.54) is 39.0 Å². The molecule has 0 amide bonds. The lowest BCUT2D eigenvalue weighted by Crippen LogP contribution is -2.58. The van der Waals surface area contributed by atoms with Crippen LogP contribution in [0.25, 0.3) is 0 Å². The average Bonchev–Trinajstić information content (AvgIpc) is 2.07. The van der Waals surface area contributed by atoms with Crippen molar-refractivity contribution in [3.05, 3.63) is 0 Å². The van der Waals surface area contributed by atoms with Crippen molar-refractivity contribution in [2.24, 2.45) is 11.3 Å². The lowest BCUT2D eigenvalue weighted by molar-refractivity contribution is 0.0510. The summed E-state index contributed by atoms with van der Waals surface area (Å²) in [6.45, 7) is 12.2. The summed E-state index contributed by atoms with van der Waals surface area (Å²) >= 11 is 0. The van der Waals surface area contributed by atoms with E-state index in [1.54, 1.807) is 0 Å². The molecule has 2 heteroatoms. The number of likely N-dealkylation sites (tertiary alicyclic amines) is 1. The maximum absolute atomic E-state index is 3.39. The number of rotatable bonds is 2. The molecule has 0 aromatic carbocycles. The number of hydrogen-bond acceptors (Lipinski definition) is 2. The first kappa shape index (κ1) is 10.4. The molecule has 2 nitrogen and oxygen atoms in total. The van der Waals surface area contributed by atoms with Gasteiger partial charge in [0.2, 0.25) is 0 Å². The molecule has 0 aromatic heterocycles. The second-order valence-electron chi connectivity index (χ2n) is 5.86. The Morgan fingerprint density at radius 2 is 2.07 bits per heavy atom. The second kappa shape index (κ2) is 3.82. The van der Waals surface area contributed by atoms with Gasteiger partial charge in [-0.25, -0.2) is 0 Å². The number of hydrogen-bond donors (Lipinski definition) is 1. The van der Waals surface area contributed by atoms with Gasteiger partial charge < -0.3 is 10.2 Å². The molecular formula is C12H24N2. The Balaban J connectivity index is 1.85. The number of nitrogens with one attached hydrogen (secondary N) is 1. The van der Waals surface area contributed by atoms with Gasteiger partial charge >= 0.3 is 0 Å². The lowest BCUT2D eigenvalue weighted by atomic mass is 9.82. The average molecular weight is 196 g/mol. The Labute approximate surface area is 88.1 Å². The zero-order valence-electron chi connectivity index (χ0n) is 9.84. The van der Waals surface area contributed by atoms with E-state index in [1.807, 2.05) is 0 Å². The van der Waals surface area contributed by atoms with E-state index >= 15 is 0 Å². The summed E-state index contributed by atoms with van der Waals surface area (Å²) in [5.41, 5.74) is 0.564. The highest BCUT2D eigenvalue weighted by Crippen LogP contribution is 2.28. The van der Waals surface area contributed by atoms with Crippen LogP contribution in [0.1, 0.15) is 33.6 Å². The van der Waals surface area contributed by atoms with Crippen LogP contribution >= 0.6 is 0 Å². The molecule has 0 spiro atoms. The topological polar surface area (TPSA) is 15.3 Å². The van der Waals surface area contributed by atoms with Crippen molar-refractivity contribution in [2.45, 2.75) is 39.7 Å². The minimum Gasteiger partial charge on any atom is -0.315 e. The second-order valence-corrected chi connectivity index (χ2v) is 5.86. The predicted molar refractivity (Wildman–Crippen MR) is 60.4 cm³/mol. The highest BCUT2D eigenvalue weighted by molar-refractivity contribution is 4.92. The Hall–Kier alpha value is -0.0800. The molecule has 2 unspecified atom stereocenters. The van der Waals surface area contributed by atoms with Crippen molar-refractivity contribution >= 4 is 0 Å². The molecule has 1 N–H and O–H groups in total. The fraction of sp³-hybridized carbons (Fsp3) is 1.00. The quantitative estimate of drug-likeness (QED) is 0.723. The van der Waals surface area contributed by atoms with Crippen LogP contribution in [0, 0.1) is 11.3 Å². The van der Waals surface area contributed by atoms with Crippen LogP contribution in [-0.4, -0.2) is 37.1 Å². The van der Waals surface area contributed by atoms with Crippen LogP contribution in [0.2, 0.25) is 0 Å². The smallest absolute Gasteiger partial charge is 0.00697 e. The molecule has 2 fully saturated rings. The Morgan fingerprint density at radius 1 is 1.36 bits per heavy atom. The molecule has 2 atom stereocenters. The third kappa shape index (κ3) is 2.12. The maximum Gasteiger partial charge on any atom is 0.00697 e. The zero-order valence-corrected chi connectivity index (χ0v) is 9.84. The van der Waals surface area contributed by atoms with Crippen molar-refractivity contribution in [2.75, 3.05) is 26.2 Å². The Kier molecular flexibility index (Phi) is 2.85. The molecule has 0 radical (unpaired) electrons. The summed E-state index contributed by atoms with van der Waals surface area (Å²) < 4.78 is 0. The largest absolute Gasteiger partial charge is 0.315 e. The zero-order chi connectivity index (χ0) is 10.2. The van der Waals surface area contributed by atoms with Crippen molar-refractivity contribution in [3.8, 4) is 0 Å². The van der Waals surface area contributed by atoms with Crippen molar-refractivity contribution in [1.82, 2.24) is 10.2 Å². The predicted octanol–water partition coefficient (Wildman–Crippen LogP) is 1.72. The first-order valence-electron chi connectivity index (χ1n) is 6.04.